The normalized spacial score (nSPS) is 10.7. The Bertz CT molecular complexity index is 1130. The zero-order chi connectivity index (χ0) is 20.8. The van der Waals surface area contributed by atoms with Gasteiger partial charge in [-0.25, -0.2) is 4.98 Å². The quantitative estimate of drug-likeness (QED) is 0.466. The van der Waals surface area contributed by atoms with Crippen LogP contribution in [0.5, 0.6) is 0 Å². The van der Waals surface area contributed by atoms with Crippen LogP contribution in [0, 0.1) is 0 Å². The number of amides is 1. The summed E-state index contributed by atoms with van der Waals surface area (Å²) < 4.78 is 0. The summed E-state index contributed by atoms with van der Waals surface area (Å²) in [6.07, 6.45) is 4.35. The second-order valence-electron chi connectivity index (χ2n) is 7.18. The van der Waals surface area contributed by atoms with Crippen LogP contribution >= 0.6 is 0 Å². The van der Waals surface area contributed by atoms with Crippen molar-refractivity contribution in [2.75, 3.05) is 25.0 Å². The maximum absolute atomic E-state index is 13.0. The average Bonchev–Trinajstić information content (AvgIpc) is 2.82. The van der Waals surface area contributed by atoms with Gasteiger partial charge in [0.2, 0.25) is 0 Å². The number of rotatable bonds is 7. The summed E-state index contributed by atoms with van der Waals surface area (Å²) in [5.41, 5.74) is 4.24. The maximum Gasteiger partial charge on any atom is 0.252 e. The van der Waals surface area contributed by atoms with Crippen molar-refractivity contribution in [3.05, 3.63) is 90.8 Å². The highest BCUT2D eigenvalue weighted by molar-refractivity contribution is 6.07. The van der Waals surface area contributed by atoms with Crippen molar-refractivity contribution in [1.82, 2.24) is 15.3 Å². The number of aromatic nitrogens is 2. The van der Waals surface area contributed by atoms with E-state index in [0.717, 1.165) is 35.1 Å². The van der Waals surface area contributed by atoms with E-state index in [1.807, 2.05) is 60.7 Å². The summed E-state index contributed by atoms with van der Waals surface area (Å²) in [4.78, 5) is 24.1. The van der Waals surface area contributed by atoms with Crippen LogP contribution in [0.1, 0.15) is 16.8 Å². The molecule has 0 unspecified atom stereocenters. The Balaban J connectivity index is 1.47. The molecule has 30 heavy (non-hydrogen) atoms. The highest BCUT2D eigenvalue weighted by Crippen LogP contribution is 2.24. The van der Waals surface area contributed by atoms with Gasteiger partial charge in [0.05, 0.1) is 16.8 Å². The molecular formula is C25H24N4O. The molecule has 0 fully saturated rings. The van der Waals surface area contributed by atoms with Gasteiger partial charge in [-0.2, -0.15) is 0 Å². The van der Waals surface area contributed by atoms with E-state index in [0.29, 0.717) is 12.1 Å². The fraction of sp³-hybridized carbons (Fsp3) is 0.160. The molecule has 0 radical (unpaired) electrons. The highest BCUT2D eigenvalue weighted by atomic mass is 16.1. The Morgan fingerprint density at radius 3 is 2.60 bits per heavy atom. The molecule has 4 aromatic rings. The lowest BCUT2D eigenvalue weighted by Gasteiger charge is -2.19. The predicted octanol–water partition coefficient (Wildman–Crippen LogP) is 4.55. The standard InChI is InChI=1S/C25H24N4O/c1-29(20-10-3-2-4-11-20)16-8-15-27-25(30)22-17-24(19-9-7-14-26-18-19)28-23-13-6-5-12-21(22)23/h2-7,9-14,17-18H,8,15-16H2,1H3,(H,27,30). The molecule has 0 bridgehead atoms. The molecule has 0 spiro atoms. The third-order valence-corrected chi connectivity index (χ3v) is 5.07. The van der Waals surface area contributed by atoms with E-state index in [4.69, 9.17) is 4.98 Å². The van der Waals surface area contributed by atoms with Crippen LogP contribution in [-0.4, -0.2) is 36.0 Å². The molecule has 0 aliphatic rings. The Morgan fingerprint density at radius 1 is 1.00 bits per heavy atom. The van der Waals surface area contributed by atoms with Gasteiger partial charge in [0.15, 0.2) is 0 Å². The van der Waals surface area contributed by atoms with Crippen molar-refractivity contribution in [3.63, 3.8) is 0 Å². The summed E-state index contributed by atoms with van der Waals surface area (Å²) in [6.45, 7) is 1.47. The van der Waals surface area contributed by atoms with Crippen LogP contribution in [-0.2, 0) is 0 Å². The lowest BCUT2D eigenvalue weighted by molar-refractivity contribution is 0.0955. The second-order valence-corrected chi connectivity index (χ2v) is 7.18. The van der Waals surface area contributed by atoms with Crippen molar-refractivity contribution in [3.8, 4) is 11.3 Å². The largest absolute Gasteiger partial charge is 0.375 e. The lowest BCUT2D eigenvalue weighted by Crippen LogP contribution is -2.28. The van der Waals surface area contributed by atoms with Crippen LogP contribution in [0.15, 0.2) is 85.2 Å². The molecule has 0 saturated heterocycles. The van der Waals surface area contributed by atoms with E-state index in [2.05, 4.69) is 34.4 Å². The summed E-state index contributed by atoms with van der Waals surface area (Å²) in [7, 11) is 2.06. The molecule has 2 aromatic carbocycles. The number of benzene rings is 2. The molecular weight excluding hydrogens is 372 g/mol. The molecule has 5 nitrogen and oxygen atoms in total. The predicted molar refractivity (Wildman–Crippen MR) is 122 cm³/mol. The third kappa shape index (κ3) is 4.46. The Kier molecular flexibility index (Phi) is 5.99. The number of carbonyl (C=O) groups excluding carboxylic acids is 1. The van der Waals surface area contributed by atoms with Gasteiger partial charge in [0.25, 0.3) is 5.91 Å². The van der Waals surface area contributed by atoms with E-state index in [-0.39, 0.29) is 5.91 Å². The molecule has 5 heteroatoms. The first-order valence-corrected chi connectivity index (χ1v) is 10.1. The fourth-order valence-electron chi connectivity index (χ4n) is 3.45. The number of hydrogen-bond acceptors (Lipinski definition) is 4. The SMILES string of the molecule is CN(CCCNC(=O)c1cc(-c2cccnc2)nc2ccccc12)c1ccccc1. The van der Waals surface area contributed by atoms with E-state index >= 15 is 0 Å². The monoisotopic (exact) mass is 396 g/mol. The van der Waals surface area contributed by atoms with Crippen molar-refractivity contribution >= 4 is 22.5 Å². The van der Waals surface area contributed by atoms with Crippen LogP contribution in [0.4, 0.5) is 5.69 Å². The highest BCUT2D eigenvalue weighted by Gasteiger charge is 2.13. The van der Waals surface area contributed by atoms with E-state index in [1.165, 1.54) is 5.69 Å². The summed E-state index contributed by atoms with van der Waals surface area (Å²) in [6, 6.07) is 23.6. The van der Waals surface area contributed by atoms with Gasteiger partial charge in [-0.1, -0.05) is 36.4 Å². The molecule has 0 aliphatic heterocycles. The van der Waals surface area contributed by atoms with E-state index in [9.17, 15) is 4.79 Å². The second kappa shape index (κ2) is 9.18. The van der Waals surface area contributed by atoms with E-state index in [1.54, 1.807) is 12.4 Å². The van der Waals surface area contributed by atoms with Gasteiger partial charge in [-0.05, 0) is 42.8 Å². The minimum absolute atomic E-state index is 0.0823. The molecule has 2 aromatic heterocycles. The molecule has 4 rings (SSSR count). The topological polar surface area (TPSA) is 58.1 Å². The molecule has 0 saturated carbocycles. The maximum atomic E-state index is 13.0. The zero-order valence-electron chi connectivity index (χ0n) is 17.0. The van der Waals surface area contributed by atoms with Crippen LogP contribution < -0.4 is 10.2 Å². The van der Waals surface area contributed by atoms with Gasteiger partial charge >= 0.3 is 0 Å². The van der Waals surface area contributed by atoms with Crippen LogP contribution in [0.25, 0.3) is 22.2 Å². The first-order valence-electron chi connectivity index (χ1n) is 10.1. The number of fused-ring (bicyclic) bond motifs is 1. The summed E-state index contributed by atoms with van der Waals surface area (Å²) in [5, 5.41) is 3.92. The number of hydrogen-bond donors (Lipinski definition) is 1. The average molecular weight is 396 g/mol. The number of pyridine rings is 2. The lowest BCUT2D eigenvalue weighted by atomic mass is 10.0. The van der Waals surface area contributed by atoms with Gasteiger partial charge in [-0.3, -0.25) is 9.78 Å². The van der Waals surface area contributed by atoms with Gasteiger partial charge in [0, 0.05) is 49.2 Å². The summed E-state index contributed by atoms with van der Waals surface area (Å²) in [5.74, 6) is -0.0823. The number of carbonyl (C=O) groups is 1. The van der Waals surface area contributed by atoms with E-state index < -0.39 is 0 Å². The molecule has 0 aliphatic carbocycles. The number of para-hydroxylation sites is 2. The Morgan fingerprint density at radius 2 is 1.80 bits per heavy atom. The van der Waals surface area contributed by atoms with Gasteiger partial charge < -0.3 is 10.2 Å². The minimum atomic E-state index is -0.0823. The zero-order valence-corrected chi connectivity index (χ0v) is 17.0. The first-order chi connectivity index (χ1) is 14.7. The fourth-order valence-corrected chi connectivity index (χ4v) is 3.45. The van der Waals surface area contributed by atoms with Crippen molar-refractivity contribution < 1.29 is 4.79 Å². The molecule has 1 amide bonds. The number of nitrogens with zero attached hydrogens (tertiary/aromatic N) is 3. The molecule has 2 heterocycles. The smallest absolute Gasteiger partial charge is 0.252 e. The molecule has 150 valence electrons. The number of nitrogens with one attached hydrogen (secondary N) is 1. The van der Waals surface area contributed by atoms with Crippen LogP contribution in [0.2, 0.25) is 0 Å². The third-order valence-electron chi connectivity index (χ3n) is 5.07. The summed E-state index contributed by atoms with van der Waals surface area (Å²) >= 11 is 0. The Labute approximate surface area is 176 Å². The Hall–Kier alpha value is -3.73. The molecule has 0 atom stereocenters. The van der Waals surface area contributed by atoms with Crippen molar-refractivity contribution in [2.45, 2.75) is 6.42 Å². The molecule has 1 N–H and O–H groups in total. The van der Waals surface area contributed by atoms with Crippen molar-refractivity contribution in [2.24, 2.45) is 0 Å². The van der Waals surface area contributed by atoms with Crippen molar-refractivity contribution in [1.29, 1.82) is 0 Å². The minimum Gasteiger partial charge on any atom is -0.375 e. The van der Waals surface area contributed by atoms with Crippen LogP contribution in [0.3, 0.4) is 0 Å². The van der Waals surface area contributed by atoms with Gasteiger partial charge in [0.1, 0.15) is 0 Å². The number of anilines is 1. The first kappa shape index (κ1) is 19.6. The van der Waals surface area contributed by atoms with Gasteiger partial charge in [-0.15, -0.1) is 0 Å².